The van der Waals surface area contributed by atoms with Crippen molar-refractivity contribution in [1.29, 1.82) is 0 Å². The molecule has 0 bridgehead atoms. The zero-order chi connectivity index (χ0) is 13.1. The summed E-state index contributed by atoms with van der Waals surface area (Å²) in [6.45, 7) is 6.69. The predicted octanol–water partition coefficient (Wildman–Crippen LogP) is 3.82. The van der Waals surface area contributed by atoms with Crippen molar-refractivity contribution in [2.24, 2.45) is 0 Å². The molecular formula is C14H16N2OS. The van der Waals surface area contributed by atoms with Gasteiger partial charge in [0.05, 0.1) is 12.3 Å². The van der Waals surface area contributed by atoms with E-state index in [9.17, 15) is 0 Å². The van der Waals surface area contributed by atoms with E-state index in [1.807, 2.05) is 45.0 Å². The van der Waals surface area contributed by atoms with Crippen LogP contribution in [0.5, 0.6) is 5.75 Å². The Morgan fingerprint density at radius 1 is 1.17 bits per heavy atom. The lowest BCUT2D eigenvalue weighted by Crippen LogP contribution is -1.97. The SMILES string of the molecule is CCOc1ccc(-c2n[nH]c(=S)c(C)c2C)cc1. The van der Waals surface area contributed by atoms with Crippen LogP contribution in [0.25, 0.3) is 11.3 Å². The average Bonchev–Trinajstić information content (AvgIpc) is 2.38. The standard InChI is InChI=1S/C14H16N2OS/c1-4-17-12-7-5-11(6-8-12)13-9(2)10(3)14(18)16-15-13/h5-8H,4H2,1-3H3,(H,16,18). The van der Waals surface area contributed by atoms with Gasteiger partial charge in [-0.15, -0.1) is 0 Å². The van der Waals surface area contributed by atoms with Gasteiger partial charge in [0.2, 0.25) is 0 Å². The van der Waals surface area contributed by atoms with Crippen molar-refractivity contribution in [3.63, 3.8) is 0 Å². The minimum atomic E-state index is 0.675. The van der Waals surface area contributed by atoms with Gasteiger partial charge in [0, 0.05) is 5.56 Å². The van der Waals surface area contributed by atoms with Gasteiger partial charge in [0.25, 0.3) is 0 Å². The molecule has 0 aliphatic rings. The number of rotatable bonds is 3. The molecule has 0 aliphatic carbocycles. The zero-order valence-electron chi connectivity index (χ0n) is 10.8. The third-order valence-corrected chi connectivity index (χ3v) is 3.36. The van der Waals surface area contributed by atoms with Gasteiger partial charge in [-0.2, -0.15) is 5.10 Å². The number of ether oxygens (including phenoxy) is 1. The van der Waals surface area contributed by atoms with E-state index in [0.29, 0.717) is 11.2 Å². The maximum atomic E-state index is 5.42. The first-order valence-corrected chi connectivity index (χ1v) is 6.33. The Balaban J connectivity index is 2.43. The monoisotopic (exact) mass is 260 g/mol. The van der Waals surface area contributed by atoms with Crippen LogP contribution < -0.4 is 4.74 Å². The van der Waals surface area contributed by atoms with E-state index in [-0.39, 0.29) is 0 Å². The van der Waals surface area contributed by atoms with Crippen molar-refractivity contribution in [3.8, 4) is 17.0 Å². The molecule has 1 N–H and O–H groups in total. The number of H-pyrrole nitrogens is 1. The van der Waals surface area contributed by atoms with Crippen LogP contribution in [0.2, 0.25) is 0 Å². The Morgan fingerprint density at radius 3 is 2.44 bits per heavy atom. The summed E-state index contributed by atoms with van der Waals surface area (Å²) in [5.74, 6) is 0.875. The highest BCUT2D eigenvalue weighted by molar-refractivity contribution is 7.71. The summed E-state index contributed by atoms with van der Waals surface area (Å²) >= 11 is 5.17. The van der Waals surface area contributed by atoms with Gasteiger partial charge in [0.1, 0.15) is 10.4 Å². The molecule has 0 atom stereocenters. The molecule has 2 aromatic rings. The quantitative estimate of drug-likeness (QED) is 0.852. The number of aromatic nitrogens is 2. The van der Waals surface area contributed by atoms with Crippen LogP contribution in [0, 0.1) is 18.5 Å². The summed E-state index contributed by atoms with van der Waals surface area (Å²) in [7, 11) is 0. The van der Waals surface area contributed by atoms with E-state index in [2.05, 4.69) is 10.2 Å². The normalized spacial score (nSPS) is 10.4. The first-order chi connectivity index (χ1) is 8.63. The molecule has 0 fully saturated rings. The Morgan fingerprint density at radius 2 is 1.83 bits per heavy atom. The second-order valence-electron chi connectivity index (χ2n) is 4.11. The smallest absolute Gasteiger partial charge is 0.122 e. The molecule has 1 aromatic heterocycles. The lowest BCUT2D eigenvalue weighted by molar-refractivity contribution is 0.340. The van der Waals surface area contributed by atoms with Crippen molar-refractivity contribution in [2.45, 2.75) is 20.8 Å². The van der Waals surface area contributed by atoms with E-state index in [0.717, 1.165) is 28.1 Å². The van der Waals surface area contributed by atoms with Crippen molar-refractivity contribution in [3.05, 3.63) is 40.0 Å². The van der Waals surface area contributed by atoms with E-state index < -0.39 is 0 Å². The maximum Gasteiger partial charge on any atom is 0.122 e. The molecule has 94 valence electrons. The third-order valence-electron chi connectivity index (χ3n) is 2.97. The summed E-state index contributed by atoms with van der Waals surface area (Å²) in [5.41, 5.74) is 4.18. The lowest BCUT2D eigenvalue weighted by Gasteiger charge is -2.08. The topological polar surface area (TPSA) is 37.9 Å². The number of nitrogens with zero attached hydrogens (tertiary/aromatic N) is 1. The minimum absolute atomic E-state index is 0.675. The van der Waals surface area contributed by atoms with Gasteiger partial charge in [-0.3, -0.25) is 5.10 Å². The molecule has 4 heteroatoms. The zero-order valence-corrected chi connectivity index (χ0v) is 11.6. The number of hydrogen-bond acceptors (Lipinski definition) is 3. The molecule has 0 amide bonds. The van der Waals surface area contributed by atoms with Crippen LogP contribution in [-0.4, -0.2) is 16.8 Å². The lowest BCUT2D eigenvalue weighted by atomic mass is 10.0. The second-order valence-corrected chi connectivity index (χ2v) is 4.52. The fraction of sp³-hybridized carbons (Fsp3) is 0.286. The summed E-state index contributed by atoms with van der Waals surface area (Å²) in [4.78, 5) is 0. The molecule has 0 saturated heterocycles. The highest BCUT2D eigenvalue weighted by atomic mass is 32.1. The van der Waals surface area contributed by atoms with E-state index >= 15 is 0 Å². The summed E-state index contributed by atoms with van der Waals surface area (Å²) < 4.78 is 6.12. The van der Waals surface area contributed by atoms with Gasteiger partial charge >= 0.3 is 0 Å². The van der Waals surface area contributed by atoms with Gasteiger partial charge in [-0.25, -0.2) is 0 Å². The van der Waals surface area contributed by atoms with E-state index in [1.165, 1.54) is 0 Å². The summed E-state index contributed by atoms with van der Waals surface area (Å²) in [5, 5.41) is 7.20. The van der Waals surface area contributed by atoms with Crippen LogP contribution in [0.1, 0.15) is 18.1 Å². The molecule has 3 nitrogen and oxygen atoms in total. The minimum Gasteiger partial charge on any atom is -0.494 e. The molecule has 0 unspecified atom stereocenters. The Kier molecular flexibility index (Phi) is 3.77. The Hall–Kier alpha value is -1.68. The second kappa shape index (κ2) is 5.31. The van der Waals surface area contributed by atoms with E-state index in [4.69, 9.17) is 17.0 Å². The Bertz CT molecular complexity index is 602. The fourth-order valence-electron chi connectivity index (χ4n) is 1.78. The highest BCUT2D eigenvalue weighted by Crippen LogP contribution is 2.24. The predicted molar refractivity (Wildman–Crippen MR) is 75.5 cm³/mol. The van der Waals surface area contributed by atoms with Crippen molar-refractivity contribution in [1.82, 2.24) is 10.2 Å². The van der Waals surface area contributed by atoms with Crippen molar-refractivity contribution in [2.75, 3.05) is 6.61 Å². The molecular weight excluding hydrogens is 244 g/mol. The molecule has 1 heterocycles. The number of nitrogens with one attached hydrogen (secondary N) is 1. The number of aromatic amines is 1. The van der Waals surface area contributed by atoms with Crippen LogP contribution in [0.15, 0.2) is 24.3 Å². The Labute approximate surface area is 112 Å². The van der Waals surface area contributed by atoms with Gasteiger partial charge in [0.15, 0.2) is 0 Å². The molecule has 0 aliphatic heterocycles. The van der Waals surface area contributed by atoms with Crippen LogP contribution >= 0.6 is 12.2 Å². The molecule has 18 heavy (non-hydrogen) atoms. The van der Waals surface area contributed by atoms with E-state index in [1.54, 1.807) is 0 Å². The maximum absolute atomic E-state index is 5.42. The third kappa shape index (κ3) is 2.43. The van der Waals surface area contributed by atoms with Crippen molar-refractivity contribution < 1.29 is 4.74 Å². The number of benzene rings is 1. The summed E-state index contributed by atoms with van der Waals surface area (Å²) in [6, 6.07) is 7.93. The van der Waals surface area contributed by atoms with Gasteiger partial charge in [-0.05, 0) is 56.2 Å². The highest BCUT2D eigenvalue weighted by Gasteiger charge is 2.07. The summed E-state index contributed by atoms with van der Waals surface area (Å²) in [6.07, 6.45) is 0. The van der Waals surface area contributed by atoms with Gasteiger partial charge < -0.3 is 4.74 Å². The average molecular weight is 260 g/mol. The van der Waals surface area contributed by atoms with Crippen molar-refractivity contribution >= 4 is 12.2 Å². The first-order valence-electron chi connectivity index (χ1n) is 5.92. The first kappa shape index (κ1) is 12.8. The van der Waals surface area contributed by atoms with Crippen LogP contribution in [-0.2, 0) is 0 Å². The molecule has 0 spiro atoms. The molecule has 0 radical (unpaired) electrons. The van der Waals surface area contributed by atoms with Crippen LogP contribution in [0.4, 0.5) is 0 Å². The van der Waals surface area contributed by atoms with Crippen LogP contribution in [0.3, 0.4) is 0 Å². The van der Waals surface area contributed by atoms with Gasteiger partial charge in [-0.1, -0.05) is 12.2 Å². The fourth-order valence-corrected chi connectivity index (χ4v) is 1.98. The molecule has 1 aromatic carbocycles. The molecule has 0 saturated carbocycles. The largest absolute Gasteiger partial charge is 0.494 e. The number of hydrogen-bond donors (Lipinski definition) is 1. The molecule has 2 rings (SSSR count).